The molecule has 0 amide bonds. The van der Waals surface area contributed by atoms with Crippen LogP contribution >= 0.6 is 11.8 Å². The van der Waals surface area contributed by atoms with Crippen molar-refractivity contribution < 1.29 is 4.92 Å². The SMILES string of the molecule is CSC1CCCC(Nc2ccc([N+](=O)[O-])cc2C)C1. The highest BCUT2D eigenvalue weighted by Crippen LogP contribution is 2.30. The van der Waals surface area contributed by atoms with E-state index in [1.54, 1.807) is 12.1 Å². The Morgan fingerprint density at radius 2 is 2.21 bits per heavy atom. The predicted octanol–water partition coefficient (Wildman–Crippen LogP) is 3.99. The van der Waals surface area contributed by atoms with Crippen molar-refractivity contribution in [2.75, 3.05) is 11.6 Å². The van der Waals surface area contributed by atoms with E-state index in [1.165, 1.54) is 25.7 Å². The van der Waals surface area contributed by atoms with Gasteiger partial charge in [0.25, 0.3) is 5.69 Å². The Bertz CT molecular complexity index is 465. The normalized spacial score (nSPS) is 23.1. The molecule has 0 saturated heterocycles. The third-order valence-electron chi connectivity index (χ3n) is 3.74. The summed E-state index contributed by atoms with van der Waals surface area (Å²) in [5.74, 6) is 0. The first-order chi connectivity index (χ1) is 9.10. The summed E-state index contributed by atoms with van der Waals surface area (Å²) in [7, 11) is 0. The summed E-state index contributed by atoms with van der Waals surface area (Å²) in [5, 5.41) is 15.0. The molecule has 0 aliphatic heterocycles. The smallest absolute Gasteiger partial charge is 0.269 e. The number of nitrogens with one attached hydrogen (secondary N) is 1. The summed E-state index contributed by atoms with van der Waals surface area (Å²) < 4.78 is 0. The third-order valence-corrected chi connectivity index (χ3v) is 4.83. The molecule has 104 valence electrons. The summed E-state index contributed by atoms with van der Waals surface area (Å²) in [6.45, 7) is 1.92. The van der Waals surface area contributed by atoms with E-state index in [2.05, 4.69) is 11.6 Å². The molecular formula is C14H20N2O2S. The van der Waals surface area contributed by atoms with Crippen molar-refractivity contribution in [2.24, 2.45) is 0 Å². The molecular weight excluding hydrogens is 260 g/mol. The zero-order chi connectivity index (χ0) is 13.8. The first-order valence-electron chi connectivity index (χ1n) is 6.64. The molecule has 5 heteroatoms. The van der Waals surface area contributed by atoms with Crippen LogP contribution in [0.5, 0.6) is 0 Å². The van der Waals surface area contributed by atoms with Crippen molar-refractivity contribution in [3.63, 3.8) is 0 Å². The molecule has 1 N–H and O–H groups in total. The highest BCUT2D eigenvalue weighted by molar-refractivity contribution is 7.99. The maximum Gasteiger partial charge on any atom is 0.269 e. The fourth-order valence-electron chi connectivity index (χ4n) is 2.63. The number of non-ortho nitro benzene ring substituents is 1. The molecule has 0 bridgehead atoms. The van der Waals surface area contributed by atoms with Crippen molar-refractivity contribution in [1.29, 1.82) is 0 Å². The molecule has 0 aromatic heterocycles. The number of thioether (sulfide) groups is 1. The Kier molecular flexibility index (Phi) is 4.69. The van der Waals surface area contributed by atoms with E-state index in [0.717, 1.165) is 16.5 Å². The summed E-state index contributed by atoms with van der Waals surface area (Å²) in [6.07, 6.45) is 7.10. The zero-order valence-corrected chi connectivity index (χ0v) is 12.2. The van der Waals surface area contributed by atoms with Crippen molar-refractivity contribution in [1.82, 2.24) is 0 Å². The van der Waals surface area contributed by atoms with Crippen molar-refractivity contribution in [3.8, 4) is 0 Å². The van der Waals surface area contributed by atoms with Crippen LogP contribution in [0.4, 0.5) is 11.4 Å². The molecule has 1 aliphatic rings. The highest BCUT2D eigenvalue weighted by Gasteiger charge is 2.21. The first-order valence-corrected chi connectivity index (χ1v) is 7.93. The van der Waals surface area contributed by atoms with E-state index in [-0.39, 0.29) is 10.6 Å². The van der Waals surface area contributed by atoms with E-state index in [4.69, 9.17) is 0 Å². The van der Waals surface area contributed by atoms with Gasteiger partial charge in [0, 0.05) is 29.1 Å². The number of aryl methyl sites for hydroxylation is 1. The second-order valence-electron chi connectivity index (χ2n) is 5.12. The Morgan fingerprint density at radius 3 is 2.84 bits per heavy atom. The summed E-state index contributed by atoms with van der Waals surface area (Å²) >= 11 is 1.94. The number of anilines is 1. The van der Waals surface area contributed by atoms with Crippen LogP contribution in [-0.4, -0.2) is 22.5 Å². The zero-order valence-electron chi connectivity index (χ0n) is 11.4. The topological polar surface area (TPSA) is 55.2 Å². The summed E-state index contributed by atoms with van der Waals surface area (Å²) in [4.78, 5) is 10.4. The number of rotatable bonds is 4. The lowest BCUT2D eigenvalue weighted by Crippen LogP contribution is -2.28. The standard InChI is InChI=1S/C14H20N2O2S/c1-10-8-12(16(17)18)6-7-14(10)15-11-4-3-5-13(9-11)19-2/h6-8,11,13,15H,3-5,9H2,1-2H3. The van der Waals surface area contributed by atoms with Gasteiger partial charge in [-0.25, -0.2) is 0 Å². The Morgan fingerprint density at radius 1 is 1.42 bits per heavy atom. The van der Waals surface area contributed by atoms with Crippen molar-refractivity contribution >= 4 is 23.1 Å². The minimum Gasteiger partial charge on any atom is -0.382 e. The monoisotopic (exact) mass is 280 g/mol. The van der Waals surface area contributed by atoms with Crippen LogP contribution in [0.1, 0.15) is 31.2 Å². The minimum atomic E-state index is -0.346. The van der Waals surface area contributed by atoms with Crippen LogP contribution in [0.15, 0.2) is 18.2 Å². The van der Waals surface area contributed by atoms with Gasteiger partial charge in [0.2, 0.25) is 0 Å². The van der Waals surface area contributed by atoms with E-state index in [1.807, 2.05) is 24.8 Å². The number of nitro benzene ring substituents is 1. The summed E-state index contributed by atoms with van der Waals surface area (Å²) in [6, 6.07) is 5.53. The molecule has 1 aromatic carbocycles. The highest BCUT2D eigenvalue weighted by atomic mass is 32.2. The van der Waals surface area contributed by atoms with E-state index in [9.17, 15) is 10.1 Å². The van der Waals surface area contributed by atoms with Crippen molar-refractivity contribution in [2.45, 2.75) is 43.9 Å². The van der Waals surface area contributed by atoms with Gasteiger partial charge in [-0.3, -0.25) is 10.1 Å². The number of nitro groups is 1. The lowest BCUT2D eigenvalue weighted by Gasteiger charge is -2.29. The lowest BCUT2D eigenvalue weighted by molar-refractivity contribution is -0.384. The second kappa shape index (κ2) is 6.28. The first kappa shape index (κ1) is 14.2. The van der Waals surface area contributed by atoms with Crippen LogP contribution in [-0.2, 0) is 0 Å². The molecule has 2 atom stereocenters. The Hall–Kier alpha value is -1.23. The fourth-order valence-corrected chi connectivity index (χ4v) is 3.46. The van der Waals surface area contributed by atoms with Crippen LogP contribution in [0.3, 0.4) is 0 Å². The van der Waals surface area contributed by atoms with Crippen LogP contribution < -0.4 is 5.32 Å². The van der Waals surface area contributed by atoms with Crippen LogP contribution in [0.25, 0.3) is 0 Å². The molecule has 2 rings (SSSR count). The molecule has 0 spiro atoms. The third kappa shape index (κ3) is 3.62. The summed E-state index contributed by atoms with van der Waals surface area (Å²) in [5.41, 5.74) is 2.13. The fraction of sp³-hybridized carbons (Fsp3) is 0.571. The Balaban J connectivity index is 2.04. The molecule has 1 fully saturated rings. The molecule has 1 aliphatic carbocycles. The van der Waals surface area contributed by atoms with Gasteiger partial charge in [0.15, 0.2) is 0 Å². The second-order valence-corrected chi connectivity index (χ2v) is 6.26. The number of nitrogens with zero attached hydrogens (tertiary/aromatic N) is 1. The quantitative estimate of drug-likeness (QED) is 0.669. The molecule has 19 heavy (non-hydrogen) atoms. The lowest BCUT2D eigenvalue weighted by atomic mass is 9.94. The molecule has 1 saturated carbocycles. The maximum atomic E-state index is 10.7. The van der Waals surface area contributed by atoms with Gasteiger partial charge in [0.1, 0.15) is 0 Å². The van der Waals surface area contributed by atoms with Gasteiger partial charge >= 0.3 is 0 Å². The van der Waals surface area contributed by atoms with Gasteiger partial charge in [-0.2, -0.15) is 11.8 Å². The minimum absolute atomic E-state index is 0.161. The average molecular weight is 280 g/mol. The van der Waals surface area contributed by atoms with Gasteiger partial charge in [-0.1, -0.05) is 6.42 Å². The molecule has 4 nitrogen and oxygen atoms in total. The average Bonchev–Trinajstić information content (AvgIpc) is 2.41. The van der Waals surface area contributed by atoms with Gasteiger partial charge < -0.3 is 5.32 Å². The number of hydrogen-bond acceptors (Lipinski definition) is 4. The predicted molar refractivity (Wildman–Crippen MR) is 81.0 cm³/mol. The maximum absolute atomic E-state index is 10.7. The van der Waals surface area contributed by atoms with Gasteiger partial charge in [0.05, 0.1) is 4.92 Å². The number of benzene rings is 1. The van der Waals surface area contributed by atoms with E-state index < -0.39 is 0 Å². The van der Waals surface area contributed by atoms with E-state index >= 15 is 0 Å². The molecule has 0 heterocycles. The van der Waals surface area contributed by atoms with Gasteiger partial charge in [-0.05, 0) is 44.1 Å². The van der Waals surface area contributed by atoms with Crippen molar-refractivity contribution in [3.05, 3.63) is 33.9 Å². The number of hydrogen-bond donors (Lipinski definition) is 1. The molecule has 2 unspecified atom stereocenters. The van der Waals surface area contributed by atoms with E-state index in [0.29, 0.717) is 6.04 Å². The van der Waals surface area contributed by atoms with Crippen LogP contribution in [0.2, 0.25) is 0 Å². The molecule has 0 radical (unpaired) electrons. The Labute approximate surface area is 118 Å². The van der Waals surface area contributed by atoms with Gasteiger partial charge in [-0.15, -0.1) is 0 Å². The largest absolute Gasteiger partial charge is 0.382 e. The van der Waals surface area contributed by atoms with Crippen LogP contribution in [0, 0.1) is 17.0 Å². The molecule has 1 aromatic rings.